The minimum Gasteiger partial charge on any atom is -0.486 e. The fourth-order valence-electron chi connectivity index (χ4n) is 1.81. The molecule has 5 nitrogen and oxygen atoms in total. The second kappa shape index (κ2) is 7.02. The van der Waals surface area contributed by atoms with Crippen molar-refractivity contribution in [3.8, 4) is 17.2 Å². The van der Waals surface area contributed by atoms with Gasteiger partial charge in [0.15, 0.2) is 11.5 Å². The summed E-state index contributed by atoms with van der Waals surface area (Å²) in [5.41, 5.74) is 0. The second-order valence-corrected chi connectivity index (χ2v) is 5.34. The molecule has 0 bridgehead atoms. The predicted molar refractivity (Wildman–Crippen MR) is 77.1 cm³/mol. The van der Waals surface area contributed by atoms with Gasteiger partial charge in [-0.3, -0.25) is 0 Å². The lowest BCUT2D eigenvalue weighted by molar-refractivity contribution is 0.0985. The number of hydrogen-bond acceptors (Lipinski definition) is 5. The highest BCUT2D eigenvalue weighted by Crippen LogP contribution is 2.44. The fraction of sp³-hybridized carbons (Fsp3) is 0.571. The van der Waals surface area contributed by atoms with Crippen LogP contribution in [0.5, 0.6) is 17.2 Å². The van der Waals surface area contributed by atoms with Crippen LogP contribution in [0.4, 0.5) is 0 Å². The molecule has 0 spiro atoms. The average molecular weight is 302 g/mol. The molecule has 0 saturated carbocycles. The van der Waals surface area contributed by atoms with E-state index in [1.54, 1.807) is 12.1 Å². The zero-order valence-corrected chi connectivity index (χ0v) is 12.4. The number of rotatable bonds is 6. The quantitative estimate of drug-likeness (QED) is 0.840. The summed E-state index contributed by atoms with van der Waals surface area (Å²) < 4.78 is 16.6. The number of hydrogen-bond donors (Lipinski definition) is 2. The van der Waals surface area contributed by atoms with Crippen LogP contribution in [0.15, 0.2) is 12.1 Å². The number of nitrogens with one attached hydrogen (secondary N) is 1. The Balaban J connectivity index is 1.98. The van der Waals surface area contributed by atoms with E-state index in [1.165, 1.54) is 0 Å². The van der Waals surface area contributed by atoms with Crippen molar-refractivity contribution in [3.63, 3.8) is 0 Å². The third-order valence-corrected chi connectivity index (χ3v) is 3.09. The zero-order valence-electron chi connectivity index (χ0n) is 11.7. The van der Waals surface area contributed by atoms with Crippen molar-refractivity contribution in [2.24, 2.45) is 0 Å². The summed E-state index contributed by atoms with van der Waals surface area (Å²) in [5, 5.41) is 13.4. The Morgan fingerprint density at radius 3 is 2.85 bits per heavy atom. The average Bonchev–Trinajstić information content (AvgIpc) is 2.44. The van der Waals surface area contributed by atoms with E-state index in [0.717, 1.165) is 0 Å². The van der Waals surface area contributed by atoms with Crippen LogP contribution < -0.4 is 19.5 Å². The molecule has 2 N–H and O–H groups in total. The van der Waals surface area contributed by atoms with E-state index in [2.05, 4.69) is 5.32 Å². The molecule has 1 aromatic carbocycles. The van der Waals surface area contributed by atoms with Crippen LogP contribution in [0.1, 0.15) is 13.8 Å². The molecule has 0 amide bonds. The molecule has 1 aromatic rings. The van der Waals surface area contributed by atoms with Gasteiger partial charge in [-0.1, -0.05) is 25.4 Å². The van der Waals surface area contributed by atoms with Crippen LogP contribution in [0.25, 0.3) is 0 Å². The summed E-state index contributed by atoms with van der Waals surface area (Å²) >= 11 is 6.11. The molecule has 1 aliphatic rings. The van der Waals surface area contributed by atoms with Crippen LogP contribution in [0.3, 0.4) is 0 Å². The molecule has 1 heterocycles. The molecular formula is C14H20ClNO4. The highest BCUT2D eigenvalue weighted by atomic mass is 35.5. The Hall–Kier alpha value is -1.17. The van der Waals surface area contributed by atoms with E-state index in [-0.39, 0.29) is 6.61 Å². The monoisotopic (exact) mass is 301 g/mol. The van der Waals surface area contributed by atoms with Crippen LogP contribution in [0.2, 0.25) is 5.02 Å². The highest BCUT2D eigenvalue weighted by Gasteiger charge is 2.21. The van der Waals surface area contributed by atoms with Gasteiger partial charge >= 0.3 is 0 Å². The first kappa shape index (κ1) is 15.2. The van der Waals surface area contributed by atoms with Gasteiger partial charge in [-0.25, -0.2) is 0 Å². The Labute approximate surface area is 123 Å². The fourth-order valence-corrected chi connectivity index (χ4v) is 2.01. The van der Waals surface area contributed by atoms with Crippen LogP contribution in [-0.4, -0.2) is 43.6 Å². The third-order valence-electron chi connectivity index (χ3n) is 2.80. The van der Waals surface area contributed by atoms with Gasteiger partial charge in [0, 0.05) is 12.6 Å². The minimum absolute atomic E-state index is 0.138. The maximum atomic E-state index is 9.85. The number of ether oxygens (including phenoxy) is 3. The topological polar surface area (TPSA) is 60.0 Å². The van der Waals surface area contributed by atoms with E-state index in [1.807, 2.05) is 13.8 Å². The normalized spacial score (nSPS) is 15.2. The molecule has 1 aliphatic heterocycles. The Bertz CT molecular complexity index is 453. The highest BCUT2D eigenvalue weighted by molar-refractivity contribution is 6.32. The molecule has 6 heteroatoms. The third kappa shape index (κ3) is 3.91. The molecule has 20 heavy (non-hydrogen) atoms. The Morgan fingerprint density at radius 1 is 1.35 bits per heavy atom. The van der Waals surface area contributed by atoms with Crippen molar-refractivity contribution < 1.29 is 19.3 Å². The number of aliphatic hydroxyl groups is 1. The van der Waals surface area contributed by atoms with Crippen molar-refractivity contribution in [2.75, 3.05) is 26.4 Å². The van der Waals surface area contributed by atoms with Crippen molar-refractivity contribution in [1.82, 2.24) is 5.32 Å². The number of aliphatic hydroxyl groups excluding tert-OH is 1. The van der Waals surface area contributed by atoms with Gasteiger partial charge in [-0.15, -0.1) is 0 Å². The van der Waals surface area contributed by atoms with E-state index in [0.29, 0.717) is 48.1 Å². The molecule has 0 unspecified atom stereocenters. The largest absolute Gasteiger partial charge is 0.486 e. The van der Waals surface area contributed by atoms with Gasteiger partial charge in [0.1, 0.15) is 25.9 Å². The van der Waals surface area contributed by atoms with E-state index < -0.39 is 6.10 Å². The smallest absolute Gasteiger partial charge is 0.205 e. The zero-order chi connectivity index (χ0) is 14.5. The summed E-state index contributed by atoms with van der Waals surface area (Å²) in [6.07, 6.45) is -0.617. The van der Waals surface area contributed by atoms with Gasteiger partial charge in [0.2, 0.25) is 5.75 Å². The maximum absolute atomic E-state index is 9.85. The molecule has 0 aromatic heterocycles. The molecular weight excluding hydrogens is 282 g/mol. The number of benzene rings is 1. The van der Waals surface area contributed by atoms with Gasteiger partial charge in [0.05, 0.1) is 5.02 Å². The molecule has 0 saturated heterocycles. The van der Waals surface area contributed by atoms with Crippen molar-refractivity contribution in [1.29, 1.82) is 0 Å². The second-order valence-electron chi connectivity index (χ2n) is 4.93. The van der Waals surface area contributed by atoms with Crippen LogP contribution in [0, 0.1) is 0 Å². The summed E-state index contributed by atoms with van der Waals surface area (Å²) in [4.78, 5) is 0. The first-order chi connectivity index (χ1) is 9.58. The van der Waals surface area contributed by atoms with Gasteiger partial charge in [-0.2, -0.15) is 0 Å². The lowest BCUT2D eigenvalue weighted by Crippen LogP contribution is -2.35. The number of halogens is 1. The van der Waals surface area contributed by atoms with E-state index >= 15 is 0 Å². The van der Waals surface area contributed by atoms with Crippen LogP contribution >= 0.6 is 11.6 Å². The maximum Gasteiger partial charge on any atom is 0.205 e. The van der Waals surface area contributed by atoms with Crippen LogP contribution in [-0.2, 0) is 0 Å². The SMILES string of the molecule is CC(C)NC[C@@H](O)COc1c(Cl)ccc2c1OCCO2. The Kier molecular flexibility index (Phi) is 5.34. The molecule has 112 valence electrons. The van der Waals surface area contributed by atoms with E-state index in [9.17, 15) is 5.11 Å². The van der Waals surface area contributed by atoms with Crippen molar-refractivity contribution in [2.45, 2.75) is 26.0 Å². The minimum atomic E-state index is -0.617. The lowest BCUT2D eigenvalue weighted by Gasteiger charge is -2.22. The lowest BCUT2D eigenvalue weighted by atomic mass is 10.2. The first-order valence-corrected chi connectivity index (χ1v) is 7.08. The van der Waals surface area contributed by atoms with Gasteiger partial charge in [-0.05, 0) is 12.1 Å². The first-order valence-electron chi connectivity index (χ1n) is 6.70. The molecule has 0 aliphatic carbocycles. The van der Waals surface area contributed by atoms with Gasteiger partial charge < -0.3 is 24.6 Å². The van der Waals surface area contributed by atoms with Gasteiger partial charge in [0.25, 0.3) is 0 Å². The standard InChI is InChI=1S/C14H20ClNO4/c1-9(2)16-7-10(17)8-20-13-11(15)3-4-12-14(13)19-6-5-18-12/h3-4,9-10,16-17H,5-8H2,1-2H3/t10-/m1/s1. The summed E-state index contributed by atoms with van der Waals surface area (Å²) in [6.45, 7) is 5.60. The van der Waals surface area contributed by atoms with Crippen molar-refractivity contribution in [3.05, 3.63) is 17.2 Å². The molecule has 2 rings (SSSR count). The summed E-state index contributed by atoms with van der Waals surface area (Å²) in [7, 11) is 0. The molecule has 0 fully saturated rings. The molecule has 1 atom stereocenters. The predicted octanol–water partition coefficient (Wildman–Crippen LogP) is 1.85. The van der Waals surface area contributed by atoms with E-state index in [4.69, 9.17) is 25.8 Å². The van der Waals surface area contributed by atoms with Crippen molar-refractivity contribution >= 4 is 11.6 Å². The summed E-state index contributed by atoms with van der Waals surface area (Å²) in [5.74, 6) is 1.55. The molecule has 0 radical (unpaired) electrons. The number of fused-ring (bicyclic) bond motifs is 1. The summed E-state index contributed by atoms with van der Waals surface area (Å²) in [6, 6.07) is 3.76. The Morgan fingerprint density at radius 2 is 2.10 bits per heavy atom.